The molecule has 0 aliphatic heterocycles. The lowest BCUT2D eigenvalue weighted by Gasteiger charge is -2.20. The minimum Gasteiger partial charge on any atom is -0.477 e. The molecule has 90 valence electrons. The van der Waals surface area contributed by atoms with Crippen molar-refractivity contribution < 1.29 is 9.90 Å². The molecule has 3 unspecified atom stereocenters. The minimum atomic E-state index is -1.07. The van der Waals surface area contributed by atoms with Crippen molar-refractivity contribution in [1.82, 2.24) is 9.97 Å². The van der Waals surface area contributed by atoms with Gasteiger partial charge in [0.05, 0.1) is 0 Å². The van der Waals surface area contributed by atoms with Gasteiger partial charge in [-0.1, -0.05) is 6.42 Å². The maximum atomic E-state index is 10.8. The highest BCUT2D eigenvalue weighted by atomic mass is 16.4. The van der Waals surface area contributed by atoms with Gasteiger partial charge in [0.15, 0.2) is 0 Å². The highest BCUT2D eigenvalue weighted by molar-refractivity contribution is 5.92. The summed E-state index contributed by atoms with van der Waals surface area (Å²) in [5.41, 5.74) is 5.65. The van der Waals surface area contributed by atoms with Crippen LogP contribution in [0.5, 0.6) is 0 Å². The van der Waals surface area contributed by atoms with Crippen LogP contribution in [0.3, 0.4) is 0 Å². The summed E-state index contributed by atoms with van der Waals surface area (Å²) in [7, 11) is 0. The first-order valence-electron chi connectivity index (χ1n) is 6.01. The number of carboxylic acids is 1. The zero-order chi connectivity index (χ0) is 12.0. The van der Waals surface area contributed by atoms with E-state index in [9.17, 15) is 4.79 Å². The van der Waals surface area contributed by atoms with E-state index < -0.39 is 5.97 Å². The Bertz CT molecular complexity index is 475. The Kier molecular flexibility index (Phi) is 2.28. The van der Waals surface area contributed by atoms with Gasteiger partial charge in [-0.15, -0.1) is 0 Å². The second-order valence-electron chi connectivity index (χ2n) is 5.11. The lowest BCUT2D eigenvalue weighted by atomic mass is 9.88. The molecule has 2 bridgehead atoms. The van der Waals surface area contributed by atoms with Crippen LogP contribution in [-0.2, 0) is 0 Å². The van der Waals surface area contributed by atoms with E-state index in [1.54, 1.807) is 0 Å². The van der Waals surface area contributed by atoms with Crippen molar-refractivity contribution in [2.45, 2.75) is 31.6 Å². The Morgan fingerprint density at radius 1 is 1.41 bits per heavy atom. The van der Waals surface area contributed by atoms with Crippen molar-refractivity contribution in [2.75, 3.05) is 5.73 Å². The standard InChI is InChI=1S/C12H15N3O2/c13-10-9(12(16)17)5-14-11(15-10)8-4-6-1-2-7(8)3-6/h5-8H,1-4H2,(H,16,17)(H2,13,14,15). The van der Waals surface area contributed by atoms with Crippen LogP contribution in [0.15, 0.2) is 6.20 Å². The zero-order valence-corrected chi connectivity index (χ0v) is 9.47. The summed E-state index contributed by atoms with van der Waals surface area (Å²) in [6.07, 6.45) is 6.32. The number of carbonyl (C=O) groups is 1. The molecule has 5 heteroatoms. The lowest BCUT2D eigenvalue weighted by molar-refractivity contribution is 0.0697. The smallest absolute Gasteiger partial charge is 0.341 e. The predicted octanol–water partition coefficient (Wildman–Crippen LogP) is 1.66. The Morgan fingerprint density at radius 3 is 2.76 bits per heavy atom. The van der Waals surface area contributed by atoms with Crippen molar-refractivity contribution >= 4 is 11.8 Å². The van der Waals surface area contributed by atoms with Gasteiger partial charge in [-0.05, 0) is 31.1 Å². The highest BCUT2D eigenvalue weighted by Gasteiger charge is 2.41. The summed E-state index contributed by atoms with van der Waals surface area (Å²) in [6.45, 7) is 0. The van der Waals surface area contributed by atoms with Crippen LogP contribution in [0, 0.1) is 11.8 Å². The first kappa shape index (κ1) is 10.5. The number of rotatable bonds is 2. The van der Waals surface area contributed by atoms with Gasteiger partial charge in [0.25, 0.3) is 0 Å². The van der Waals surface area contributed by atoms with E-state index in [-0.39, 0.29) is 11.4 Å². The molecule has 2 fully saturated rings. The van der Waals surface area contributed by atoms with E-state index in [2.05, 4.69) is 9.97 Å². The Balaban J connectivity index is 1.89. The maximum absolute atomic E-state index is 10.8. The van der Waals surface area contributed by atoms with Crippen LogP contribution in [0.4, 0.5) is 5.82 Å². The van der Waals surface area contributed by atoms with Crippen molar-refractivity contribution in [3.05, 3.63) is 17.6 Å². The van der Waals surface area contributed by atoms with Crippen molar-refractivity contribution in [3.8, 4) is 0 Å². The normalized spacial score (nSPS) is 30.7. The number of fused-ring (bicyclic) bond motifs is 2. The van der Waals surface area contributed by atoms with Crippen LogP contribution in [0.2, 0.25) is 0 Å². The number of aromatic carboxylic acids is 1. The molecule has 17 heavy (non-hydrogen) atoms. The van der Waals surface area contributed by atoms with Gasteiger partial charge in [-0.2, -0.15) is 0 Å². The fraction of sp³-hybridized carbons (Fsp3) is 0.583. The third kappa shape index (κ3) is 1.66. The zero-order valence-electron chi connectivity index (χ0n) is 9.47. The molecule has 0 radical (unpaired) electrons. The number of nitrogens with zero attached hydrogens (tertiary/aromatic N) is 2. The number of hydrogen-bond donors (Lipinski definition) is 2. The molecule has 2 saturated carbocycles. The van der Waals surface area contributed by atoms with Gasteiger partial charge in [0.2, 0.25) is 0 Å². The fourth-order valence-electron chi connectivity index (χ4n) is 3.31. The van der Waals surface area contributed by atoms with Gasteiger partial charge >= 0.3 is 5.97 Å². The average Bonchev–Trinajstić information content (AvgIpc) is 2.89. The van der Waals surface area contributed by atoms with Crippen LogP contribution >= 0.6 is 0 Å². The number of aromatic nitrogens is 2. The summed E-state index contributed by atoms with van der Waals surface area (Å²) in [5, 5.41) is 8.87. The summed E-state index contributed by atoms with van der Waals surface area (Å²) < 4.78 is 0. The number of nitrogen functional groups attached to an aromatic ring is 1. The summed E-state index contributed by atoms with van der Waals surface area (Å²) >= 11 is 0. The van der Waals surface area contributed by atoms with Gasteiger partial charge in [0, 0.05) is 12.1 Å². The monoisotopic (exact) mass is 233 g/mol. The van der Waals surface area contributed by atoms with Crippen LogP contribution in [0.25, 0.3) is 0 Å². The van der Waals surface area contributed by atoms with E-state index in [1.165, 1.54) is 25.5 Å². The number of carboxylic acid groups (broad SMARTS) is 1. The van der Waals surface area contributed by atoms with Gasteiger partial charge in [-0.3, -0.25) is 0 Å². The molecule has 1 aromatic rings. The number of nitrogens with two attached hydrogens (primary N) is 1. The van der Waals surface area contributed by atoms with Crippen LogP contribution < -0.4 is 5.73 Å². The largest absolute Gasteiger partial charge is 0.477 e. The SMILES string of the molecule is Nc1nc(C2CC3CCC2C3)ncc1C(=O)O. The average molecular weight is 233 g/mol. The quantitative estimate of drug-likeness (QED) is 0.810. The number of anilines is 1. The summed E-state index contributed by atoms with van der Waals surface area (Å²) in [6, 6.07) is 0. The molecule has 3 rings (SSSR count). The van der Waals surface area contributed by atoms with E-state index >= 15 is 0 Å². The third-order valence-electron chi connectivity index (χ3n) is 4.14. The van der Waals surface area contributed by atoms with E-state index in [0.717, 1.165) is 18.2 Å². The van der Waals surface area contributed by atoms with E-state index in [4.69, 9.17) is 10.8 Å². The van der Waals surface area contributed by atoms with Gasteiger partial charge in [0.1, 0.15) is 17.2 Å². The summed E-state index contributed by atoms with van der Waals surface area (Å²) in [4.78, 5) is 19.2. The van der Waals surface area contributed by atoms with E-state index in [1.807, 2.05) is 0 Å². The van der Waals surface area contributed by atoms with E-state index in [0.29, 0.717) is 11.8 Å². The molecular weight excluding hydrogens is 218 g/mol. The van der Waals surface area contributed by atoms with Crippen molar-refractivity contribution in [3.63, 3.8) is 0 Å². The second kappa shape index (κ2) is 3.68. The molecule has 1 aromatic heterocycles. The molecule has 2 aliphatic carbocycles. The third-order valence-corrected chi connectivity index (χ3v) is 4.14. The van der Waals surface area contributed by atoms with Crippen molar-refractivity contribution in [1.29, 1.82) is 0 Å². The molecular formula is C12H15N3O2. The summed E-state index contributed by atoms with van der Waals surface area (Å²) in [5.74, 6) is 1.63. The maximum Gasteiger partial charge on any atom is 0.341 e. The Morgan fingerprint density at radius 2 is 2.24 bits per heavy atom. The van der Waals surface area contributed by atoms with Crippen LogP contribution in [0.1, 0.15) is 47.8 Å². The first-order chi connectivity index (χ1) is 8.15. The molecule has 0 spiro atoms. The molecule has 2 aliphatic rings. The second-order valence-corrected chi connectivity index (χ2v) is 5.11. The van der Waals surface area contributed by atoms with Gasteiger partial charge in [-0.25, -0.2) is 14.8 Å². The molecule has 0 saturated heterocycles. The fourth-order valence-corrected chi connectivity index (χ4v) is 3.31. The topological polar surface area (TPSA) is 89.1 Å². The molecule has 5 nitrogen and oxygen atoms in total. The lowest BCUT2D eigenvalue weighted by Crippen LogP contribution is -2.15. The molecule has 0 aromatic carbocycles. The van der Waals surface area contributed by atoms with Crippen LogP contribution in [-0.4, -0.2) is 21.0 Å². The Labute approximate surface area is 99.1 Å². The molecule has 3 atom stereocenters. The molecule has 0 amide bonds. The number of hydrogen-bond acceptors (Lipinski definition) is 4. The first-order valence-corrected chi connectivity index (χ1v) is 6.01. The Hall–Kier alpha value is -1.65. The minimum absolute atomic E-state index is 0.00286. The van der Waals surface area contributed by atoms with Crippen molar-refractivity contribution in [2.24, 2.45) is 11.8 Å². The van der Waals surface area contributed by atoms with Gasteiger partial charge < -0.3 is 10.8 Å². The molecule has 1 heterocycles. The molecule has 3 N–H and O–H groups in total. The highest BCUT2D eigenvalue weighted by Crippen LogP contribution is 2.52. The predicted molar refractivity (Wildman–Crippen MR) is 61.6 cm³/mol.